The Bertz CT molecular complexity index is 350. The summed E-state index contributed by atoms with van der Waals surface area (Å²) in [4.78, 5) is 0. The highest BCUT2D eigenvalue weighted by Gasteiger charge is 2.17. The van der Waals surface area contributed by atoms with E-state index in [4.69, 9.17) is 17.3 Å². The van der Waals surface area contributed by atoms with Gasteiger partial charge in [0.2, 0.25) is 0 Å². The van der Waals surface area contributed by atoms with Crippen molar-refractivity contribution in [1.82, 2.24) is 0 Å². The Kier molecular flexibility index (Phi) is 4.12. The molecule has 0 aliphatic carbocycles. The van der Waals surface area contributed by atoms with E-state index < -0.39 is 0 Å². The van der Waals surface area contributed by atoms with E-state index in [2.05, 4.69) is 13.8 Å². The zero-order valence-corrected chi connectivity index (χ0v) is 10.1. The lowest BCUT2D eigenvalue weighted by Crippen LogP contribution is -2.15. The highest BCUT2D eigenvalue weighted by Crippen LogP contribution is 2.30. The first kappa shape index (κ1) is 12.5. The van der Waals surface area contributed by atoms with Crippen LogP contribution in [0.5, 0.6) is 0 Å². The molecule has 0 radical (unpaired) electrons. The van der Waals surface area contributed by atoms with Crippen LogP contribution in [0.1, 0.15) is 37.4 Å². The Balaban J connectivity index is 3.07. The van der Waals surface area contributed by atoms with Crippen molar-refractivity contribution in [3.8, 4) is 0 Å². The Hall–Kier alpha value is -0.600. The molecule has 84 valence electrons. The molecular formula is C12H17ClFN. The maximum Gasteiger partial charge on any atom is 0.129 e. The first-order chi connectivity index (χ1) is 6.93. The lowest BCUT2D eigenvalue weighted by atomic mass is 9.96. The SMILES string of the molecule is Cc1ccc(F)c([C@@H](N)CC(C)C)c1Cl. The summed E-state index contributed by atoms with van der Waals surface area (Å²) in [5, 5.41) is 0.461. The molecule has 2 N–H and O–H groups in total. The van der Waals surface area contributed by atoms with Crippen molar-refractivity contribution in [2.75, 3.05) is 0 Å². The van der Waals surface area contributed by atoms with Crippen molar-refractivity contribution < 1.29 is 4.39 Å². The molecule has 15 heavy (non-hydrogen) atoms. The van der Waals surface area contributed by atoms with Crippen LogP contribution in [0.25, 0.3) is 0 Å². The number of halogens is 2. The van der Waals surface area contributed by atoms with Crippen molar-refractivity contribution in [3.05, 3.63) is 34.1 Å². The highest BCUT2D eigenvalue weighted by atomic mass is 35.5. The summed E-state index contributed by atoms with van der Waals surface area (Å²) in [5.74, 6) is 0.120. The molecule has 3 heteroatoms. The van der Waals surface area contributed by atoms with E-state index in [-0.39, 0.29) is 11.9 Å². The van der Waals surface area contributed by atoms with Gasteiger partial charge in [-0.25, -0.2) is 4.39 Å². The zero-order valence-electron chi connectivity index (χ0n) is 9.35. The standard InChI is InChI=1S/C12H17ClFN/c1-7(2)6-10(15)11-9(14)5-4-8(3)12(11)13/h4-5,7,10H,6,15H2,1-3H3/t10-/m0/s1. The minimum atomic E-state index is -0.322. The maximum atomic E-state index is 13.6. The van der Waals surface area contributed by atoms with E-state index in [9.17, 15) is 4.39 Å². The van der Waals surface area contributed by atoms with Gasteiger partial charge in [0, 0.05) is 11.6 Å². The summed E-state index contributed by atoms with van der Waals surface area (Å²) in [5.41, 5.74) is 7.26. The molecule has 0 bridgehead atoms. The minimum absolute atomic E-state index is 0.307. The molecule has 1 rings (SSSR count). The predicted molar refractivity (Wildman–Crippen MR) is 62.5 cm³/mol. The lowest BCUT2D eigenvalue weighted by Gasteiger charge is -2.17. The minimum Gasteiger partial charge on any atom is -0.324 e. The summed E-state index contributed by atoms with van der Waals surface area (Å²) in [6.45, 7) is 5.97. The topological polar surface area (TPSA) is 26.0 Å². The molecule has 1 atom stereocenters. The van der Waals surface area contributed by atoms with Gasteiger partial charge in [-0.2, -0.15) is 0 Å². The van der Waals surface area contributed by atoms with Crippen LogP contribution in [0.4, 0.5) is 4.39 Å². The molecule has 0 saturated carbocycles. The lowest BCUT2D eigenvalue weighted by molar-refractivity contribution is 0.489. The summed E-state index contributed by atoms with van der Waals surface area (Å²) in [6, 6.07) is 2.78. The molecule has 0 aliphatic heterocycles. The van der Waals surface area contributed by atoms with Gasteiger partial charge in [-0.1, -0.05) is 31.5 Å². The highest BCUT2D eigenvalue weighted by molar-refractivity contribution is 6.32. The third-order valence-electron chi connectivity index (χ3n) is 2.42. The molecule has 0 heterocycles. The normalized spacial score (nSPS) is 13.3. The van der Waals surface area contributed by atoms with Gasteiger partial charge in [0.15, 0.2) is 0 Å². The Labute approximate surface area is 95.4 Å². The van der Waals surface area contributed by atoms with Gasteiger partial charge in [0.05, 0.1) is 5.02 Å². The number of hydrogen-bond acceptors (Lipinski definition) is 1. The second-order valence-corrected chi connectivity index (χ2v) is 4.71. The van der Waals surface area contributed by atoms with E-state index in [0.717, 1.165) is 12.0 Å². The van der Waals surface area contributed by atoms with Gasteiger partial charge in [0.25, 0.3) is 0 Å². The first-order valence-electron chi connectivity index (χ1n) is 5.13. The monoisotopic (exact) mass is 229 g/mol. The number of nitrogens with two attached hydrogens (primary N) is 1. The van der Waals surface area contributed by atoms with Gasteiger partial charge in [-0.15, -0.1) is 0 Å². The third kappa shape index (κ3) is 2.93. The molecule has 1 nitrogen and oxygen atoms in total. The molecule has 0 spiro atoms. The Morgan fingerprint density at radius 3 is 2.53 bits per heavy atom. The summed E-state index contributed by atoms with van der Waals surface area (Å²) in [6.07, 6.45) is 0.736. The average molecular weight is 230 g/mol. The predicted octanol–water partition coefficient (Wildman–Crippen LogP) is 3.83. The van der Waals surface area contributed by atoms with E-state index in [1.54, 1.807) is 6.07 Å². The van der Waals surface area contributed by atoms with Crippen LogP contribution in [0.2, 0.25) is 5.02 Å². The first-order valence-corrected chi connectivity index (χ1v) is 5.51. The van der Waals surface area contributed by atoms with Crippen LogP contribution < -0.4 is 5.73 Å². The fourth-order valence-electron chi connectivity index (χ4n) is 1.64. The molecule has 0 aromatic heterocycles. The van der Waals surface area contributed by atoms with Crippen LogP contribution in [-0.2, 0) is 0 Å². The smallest absolute Gasteiger partial charge is 0.129 e. The molecule has 0 unspecified atom stereocenters. The quantitative estimate of drug-likeness (QED) is 0.838. The maximum absolute atomic E-state index is 13.6. The van der Waals surface area contributed by atoms with E-state index >= 15 is 0 Å². The summed E-state index contributed by atoms with van der Waals surface area (Å²) >= 11 is 6.06. The molecule has 0 saturated heterocycles. The van der Waals surface area contributed by atoms with Crippen molar-refractivity contribution in [1.29, 1.82) is 0 Å². The zero-order chi connectivity index (χ0) is 11.6. The molecule has 1 aromatic rings. The third-order valence-corrected chi connectivity index (χ3v) is 2.92. The van der Waals surface area contributed by atoms with E-state index in [1.807, 2.05) is 6.92 Å². The fourth-order valence-corrected chi connectivity index (χ4v) is 1.94. The van der Waals surface area contributed by atoms with Gasteiger partial charge in [-0.05, 0) is 30.9 Å². The van der Waals surface area contributed by atoms with Gasteiger partial charge < -0.3 is 5.73 Å². The van der Waals surface area contributed by atoms with Crippen molar-refractivity contribution >= 4 is 11.6 Å². The molecule has 1 aromatic carbocycles. The molecular weight excluding hydrogens is 213 g/mol. The van der Waals surface area contributed by atoms with E-state index in [0.29, 0.717) is 16.5 Å². The molecule has 0 amide bonds. The largest absolute Gasteiger partial charge is 0.324 e. The van der Waals surface area contributed by atoms with Crippen LogP contribution in [0.3, 0.4) is 0 Å². The van der Waals surface area contributed by atoms with Crippen LogP contribution in [0, 0.1) is 18.7 Å². The van der Waals surface area contributed by atoms with Crippen LogP contribution in [-0.4, -0.2) is 0 Å². The average Bonchev–Trinajstić information content (AvgIpc) is 2.11. The van der Waals surface area contributed by atoms with Gasteiger partial charge >= 0.3 is 0 Å². The summed E-state index contributed by atoms with van der Waals surface area (Å²) < 4.78 is 13.6. The van der Waals surface area contributed by atoms with Gasteiger partial charge in [0.1, 0.15) is 5.82 Å². The second-order valence-electron chi connectivity index (χ2n) is 4.33. The van der Waals surface area contributed by atoms with Crippen LogP contribution in [0.15, 0.2) is 12.1 Å². The number of benzene rings is 1. The van der Waals surface area contributed by atoms with Crippen LogP contribution >= 0.6 is 11.6 Å². The molecule has 0 fully saturated rings. The number of aryl methyl sites for hydroxylation is 1. The van der Waals surface area contributed by atoms with Gasteiger partial charge in [-0.3, -0.25) is 0 Å². The molecule has 0 aliphatic rings. The van der Waals surface area contributed by atoms with Crippen molar-refractivity contribution in [3.63, 3.8) is 0 Å². The number of rotatable bonds is 3. The van der Waals surface area contributed by atoms with Crippen molar-refractivity contribution in [2.24, 2.45) is 11.7 Å². The second kappa shape index (κ2) is 4.95. The van der Waals surface area contributed by atoms with Crippen molar-refractivity contribution in [2.45, 2.75) is 33.2 Å². The Morgan fingerprint density at radius 1 is 1.40 bits per heavy atom. The number of hydrogen-bond donors (Lipinski definition) is 1. The van der Waals surface area contributed by atoms with E-state index in [1.165, 1.54) is 6.07 Å². The summed E-state index contributed by atoms with van der Waals surface area (Å²) in [7, 11) is 0. The fraction of sp³-hybridized carbons (Fsp3) is 0.500. The Morgan fingerprint density at radius 2 is 2.00 bits per heavy atom.